The van der Waals surface area contributed by atoms with Crippen LogP contribution in [0.1, 0.15) is 0 Å². The third-order valence-corrected chi connectivity index (χ3v) is 13.0. The van der Waals surface area contributed by atoms with Crippen LogP contribution in [0.15, 0.2) is 218 Å². The van der Waals surface area contributed by atoms with Crippen LogP contribution in [0.25, 0.3) is 115 Å². The van der Waals surface area contributed by atoms with Gasteiger partial charge in [-0.15, -0.1) is 11.3 Å². The smallest absolute Gasteiger partial charge is 0.166 e. The van der Waals surface area contributed by atoms with Crippen LogP contribution < -0.4 is 0 Å². The summed E-state index contributed by atoms with van der Waals surface area (Å²) in [5, 5.41) is 4.97. The average Bonchev–Trinajstić information content (AvgIpc) is 3.90. The number of para-hydroxylation sites is 2. The van der Waals surface area contributed by atoms with Crippen LogP contribution in [0.2, 0.25) is 0 Å². The molecule has 0 aliphatic heterocycles. The third-order valence-electron chi connectivity index (χ3n) is 11.9. The highest BCUT2D eigenvalue weighted by molar-refractivity contribution is 7.25. The number of fused-ring (bicyclic) bond motifs is 6. The fourth-order valence-corrected chi connectivity index (χ4v) is 10.0. The molecule has 0 unspecified atom stereocenters. The SMILES string of the molecule is c1ccc(-c2ccc(-c3nc(-c4ccccc4)nc(-c4ccc(-c5ccc6c(c5)sc5ccccc56)cc4)n3)c(-n3c4ccccc4c4cccc(-c5ccccc5)c43)c2)cc1. The molecule has 12 rings (SSSR count). The second-order valence-corrected chi connectivity index (χ2v) is 16.7. The first-order valence-electron chi connectivity index (χ1n) is 20.8. The highest BCUT2D eigenvalue weighted by Gasteiger charge is 2.22. The molecule has 12 aromatic rings. The number of thiophene rings is 1. The van der Waals surface area contributed by atoms with Gasteiger partial charge in [0.1, 0.15) is 0 Å². The van der Waals surface area contributed by atoms with Crippen molar-refractivity contribution in [3.05, 3.63) is 218 Å². The topological polar surface area (TPSA) is 43.6 Å². The lowest BCUT2D eigenvalue weighted by atomic mass is 10.00. The van der Waals surface area contributed by atoms with E-state index in [0.717, 1.165) is 61.2 Å². The lowest BCUT2D eigenvalue weighted by Gasteiger charge is -2.18. The molecule has 0 N–H and O–H groups in total. The quantitative estimate of drug-likeness (QED) is 0.161. The Labute approximate surface area is 362 Å². The van der Waals surface area contributed by atoms with E-state index in [1.165, 1.54) is 36.5 Å². The monoisotopic (exact) mass is 808 g/mol. The van der Waals surface area contributed by atoms with Crippen molar-refractivity contribution in [2.24, 2.45) is 0 Å². The Kier molecular flexibility index (Phi) is 8.65. The molecule has 4 nitrogen and oxygen atoms in total. The van der Waals surface area contributed by atoms with Gasteiger partial charge >= 0.3 is 0 Å². The highest BCUT2D eigenvalue weighted by atomic mass is 32.1. The summed E-state index contributed by atoms with van der Waals surface area (Å²) in [7, 11) is 0. The maximum atomic E-state index is 5.35. The van der Waals surface area contributed by atoms with E-state index in [4.69, 9.17) is 15.0 Å². The molecule has 290 valence electrons. The van der Waals surface area contributed by atoms with Crippen molar-refractivity contribution in [3.8, 4) is 73.2 Å². The van der Waals surface area contributed by atoms with Crippen molar-refractivity contribution in [2.75, 3.05) is 0 Å². The number of hydrogen-bond donors (Lipinski definition) is 0. The normalized spacial score (nSPS) is 11.5. The van der Waals surface area contributed by atoms with E-state index in [9.17, 15) is 0 Å². The molecule has 9 aromatic carbocycles. The standard InChI is InChI=1S/C57H36N4S/c1-4-15-37(16-5-1)42-32-34-49(51(35-42)61-50-25-12-10-21-45(50)48-24-14-23-44(54(48)61)39-17-6-2-7-18-39)57-59-55(40-19-8-3-9-20-40)58-56(60-57)41-29-27-38(28-30-41)43-31-33-47-46-22-11-13-26-52(46)62-53(47)36-43/h1-36H. The van der Waals surface area contributed by atoms with Gasteiger partial charge in [-0.2, -0.15) is 0 Å². The first kappa shape index (κ1) is 35.9. The number of aromatic nitrogens is 4. The summed E-state index contributed by atoms with van der Waals surface area (Å²) >= 11 is 1.84. The van der Waals surface area contributed by atoms with Crippen molar-refractivity contribution >= 4 is 53.3 Å². The molecule has 0 amide bonds. The molecule has 0 bridgehead atoms. The molecule has 5 heteroatoms. The summed E-state index contributed by atoms with van der Waals surface area (Å²) in [6, 6.07) is 77.5. The Morgan fingerprint density at radius 1 is 0.306 bits per heavy atom. The average molecular weight is 809 g/mol. The third kappa shape index (κ3) is 6.18. The van der Waals surface area contributed by atoms with Crippen molar-refractivity contribution in [3.63, 3.8) is 0 Å². The Morgan fingerprint density at radius 2 is 0.823 bits per heavy atom. The first-order chi connectivity index (χ1) is 30.7. The Bertz CT molecular complexity index is 3610. The Morgan fingerprint density at radius 3 is 1.58 bits per heavy atom. The molecule has 0 radical (unpaired) electrons. The van der Waals surface area contributed by atoms with E-state index in [1.807, 2.05) is 29.5 Å². The Hall–Kier alpha value is -7.99. The maximum absolute atomic E-state index is 5.35. The Balaban J connectivity index is 1.07. The van der Waals surface area contributed by atoms with Crippen LogP contribution in [0.5, 0.6) is 0 Å². The van der Waals surface area contributed by atoms with E-state index >= 15 is 0 Å². The van der Waals surface area contributed by atoms with Gasteiger partial charge in [0.15, 0.2) is 17.5 Å². The number of nitrogens with zero attached hydrogens (tertiary/aromatic N) is 4. The van der Waals surface area contributed by atoms with Crippen molar-refractivity contribution in [2.45, 2.75) is 0 Å². The first-order valence-corrected chi connectivity index (χ1v) is 21.7. The molecule has 62 heavy (non-hydrogen) atoms. The lowest BCUT2D eigenvalue weighted by molar-refractivity contribution is 1.06. The van der Waals surface area contributed by atoms with E-state index in [0.29, 0.717) is 17.5 Å². The van der Waals surface area contributed by atoms with E-state index in [-0.39, 0.29) is 0 Å². The predicted molar refractivity (Wildman–Crippen MR) is 260 cm³/mol. The van der Waals surface area contributed by atoms with Gasteiger partial charge in [0.2, 0.25) is 0 Å². The van der Waals surface area contributed by atoms with Crippen LogP contribution in [-0.2, 0) is 0 Å². The highest BCUT2D eigenvalue weighted by Crippen LogP contribution is 2.42. The number of hydrogen-bond acceptors (Lipinski definition) is 4. The maximum Gasteiger partial charge on any atom is 0.166 e. The fraction of sp³-hybridized carbons (Fsp3) is 0. The van der Waals surface area contributed by atoms with Crippen LogP contribution in [-0.4, -0.2) is 19.5 Å². The molecule has 0 spiro atoms. The van der Waals surface area contributed by atoms with Crippen molar-refractivity contribution in [1.29, 1.82) is 0 Å². The second-order valence-electron chi connectivity index (χ2n) is 15.6. The van der Waals surface area contributed by atoms with Gasteiger partial charge in [0, 0.05) is 53.2 Å². The second kappa shape index (κ2) is 14.9. The molecule has 0 aliphatic carbocycles. The fourth-order valence-electron chi connectivity index (χ4n) is 8.89. The molecule has 3 aromatic heterocycles. The van der Waals surface area contributed by atoms with Gasteiger partial charge < -0.3 is 4.57 Å². The van der Waals surface area contributed by atoms with Crippen LogP contribution in [0, 0.1) is 0 Å². The van der Waals surface area contributed by atoms with Crippen LogP contribution >= 0.6 is 11.3 Å². The van der Waals surface area contributed by atoms with Gasteiger partial charge in [0.25, 0.3) is 0 Å². The molecule has 3 heterocycles. The van der Waals surface area contributed by atoms with E-state index in [1.54, 1.807) is 0 Å². The predicted octanol–water partition coefficient (Wildman–Crippen LogP) is 15.3. The van der Waals surface area contributed by atoms with Crippen molar-refractivity contribution < 1.29 is 0 Å². The largest absolute Gasteiger partial charge is 0.308 e. The molecule has 0 fully saturated rings. The van der Waals surface area contributed by atoms with Crippen LogP contribution in [0.3, 0.4) is 0 Å². The molecule has 0 saturated heterocycles. The summed E-state index contributed by atoms with van der Waals surface area (Å²) in [6.07, 6.45) is 0. The molecule has 0 atom stereocenters. The van der Waals surface area contributed by atoms with Gasteiger partial charge in [-0.1, -0.05) is 188 Å². The van der Waals surface area contributed by atoms with E-state index < -0.39 is 0 Å². The summed E-state index contributed by atoms with van der Waals surface area (Å²) < 4.78 is 5.01. The zero-order valence-electron chi connectivity index (χ0n) is 33.5. The zero-order chi connectivity index (χ0) is 41.0. The minimum absolute atomic E-state index is 0.603. The number of benzene rings is 9. The summed E-state index contributed by atoms with van der Waals surface area (Å²) in [5.74, 6) is 1.84. The van der Waals surface area contributed by atoms with Crippen LogP contribution in [0.4, 0.5) is 0 Å². The van der Waals surface area contributed by atoms with Gasteiger partial charge in [-0.3, -0.25) is 0 Å². The minimum atomic E-state index is 0.603. The molecule has 0 saturated carbocycles. The molecular weight excluding hydrogens is 773 g/mol. The van der Waals surface area contributed by atoms with Gasteiger partial charge in [0.05, 0.1) is 16.7 Å². The number of rotatable bonds is 7. The summed E-state index contributed by atoms with van der Waals surface area (Å²) in [5.41, 5.74) is 12.9. The lowest BCUT2D eigenvalue weighted by Crippen LogP contribution is -2.04. The molecular formula is C57H36N4S. The van der Waals surface area contributed by atoms with Gasteiger partial charge in [-0.05, 0) is 58.1 Å². The minimum Gasteiger partial charge on any atom is -0.308 e. The summed E-state index contributed by atoms with van der Waals surface area (Å²) in [4.78, 5) is 15.8. The van der Waals surface area contributed by atoms with Crippen molar-refractivity contribution in [1.82, 2.24) is 19.5 Å². The summed E-state index contributed by atoms with van der Waals surface area (Å²) in [6.45, 7) is 0. The zero-order valence-corrected chi connectivity index (χ0v) is 34.3. The van der Waals surface area contributed by atoms with Gasteiger partial charge in [-0.25, -0.2) is 15.0 Å². The molecule has 0 aliphatic rings. The van der Waals surface area contributed by atoms with E-state index in [2.05, 4.69) is 205 Å².